The average Bonchev–Trinajstić information content (AvgIpc) is 2.75. The SMILES string of the molecule is COc1ccc(CCn2c(O)c(C#N)c(C)c(N=Nc3ccc(F)cc3)c2=O)cc1. The number of aromatic nitrogens is 1. The van der Waals surface area contributed by atoms with Crippen LogP contribution in [-0.2, 0) is 13.0 Å². The molecule has 152 valence electrons. The lowest BCUT2D eigenvalue weighted by atomic mass is 10.1. The molecule has 0 aliphatic rings. The quantitative estimate of drug-likeness (QED) is 0.607. The van der Waals surface area contributed by atoms with E-state index < -0.39 is 17.3 Å². The van der Waals surface area contributed by atoms with Crippen molar-refractivity contribution in [2.24, 2.45) is 10.2 Å². The second-order valence-corrected chi connectivity index (χ2v) is 6.52. The summed E-state index contributed by atoms with van der Waals surface area (Å²) in [5.41, 5.74) is 0.845. The van der Waals surface area contributed by atoms with E-state index >= 15 is 0 Å². The summed E-state index contributed by atoms with van der Waals surface area (Å²) < 4.78 is 19.3. The molecule has 0 radical (unpaired) electrons. The van der Waals surface area contributed by atoms with Gasteiger partial charge in [0, 0.05) is 12.1 Å². The van der Waals surface area contributed by atoms with Crippen LogP contribution in [0.4, 0.5) is 15.8 Å². The number of aromatic hydroxyl groups is 1. The van der Waals surface area contributed by atoms with Crippen molar-refractivity contribution >= 4 is 11.4 Å². The molecule has 0 aliphatic carbocycles. The van der Waals surface area contributed by atoms with Crippen molar-refractivity contribution in [1.29, 1.82) is 5.26 Å². The van der Waals surface area contributed by atoms with Gasteiger partial charge < -0.3 is 9.84 Å². The van der Waals surface area contributed by atoms with E-state index in [0.717, 1.165) is 10.1 Å². The van der Waals surface area contributed by atoms with Crippen molar-refractivity contribution in [3.8, 4) is 17.7 Å². The Kier molecular flexibility index (Phi) is 6.23. The molecule has 3 aromatic rings. The third-order valence-electron chi connectivity index (χ3n) is 4.64. The standard InChI is InChI=1S/C22H19FN4O3/c1-14-19(13-24)21(28)27(12-11-15-3-9-18(30-2)10-4-15)22(29)20(14)26-25-17-7-5-16(23)6-8-17/h3-10,28H,11-12H2,1-2H3. The number of nitriles is 1. The molecule has 0 saturated heterocycles. The summed E-state index contributed by atoms with van der Waals surface area (Å²) in [6.45, 7) is 1.66. The van der Waals surface area contributed by atoms with E-state index in [4.69, 9.17) is 4.74 Å². The van der Waals surface area contributed by atoms with Crippen LogP contribution in [0, 0.1) is 24.1 Å². The summed E-state index contributed by atoms with van der Waals surface area (Å²) in [7, 11) is 1.57. The Morgan fingerprint density at radius 3 is 2.40 bits per heavy atom. The van der Waals surface area contributed by atoms with Crippen molar-refractivity contribution in [3.05, 3.63) is 81.4 Å². The minimum absolute atomic E-state index is 0.0441. The zero-order valence-corrected chi connectivity index (χ0v) is 16.5. The van der Waals surface area contributed by atoms with E-state index in [-0.39, 0.29) is 23.4 Å². The van der Waals surface area contributed by atoms with Gasteiger partial charge in [-0.3, -0.25) is 9.36 Å². The summed E-state index contributed by atoms with van der Waals surface area (Å²) in [6.07, 6.45) is 0.444. The third-order valence-corrected chi connectivity index (χ3v) is 4.64. The molecule has 0 unspecified atom stereocenters. The maximum Gasteiger partial charge on any atom is 0.281 e. The van der Waals surface area contributed by atoms with E-state index in [1.807, 2.05) is 18.2 Å². The highest BCUT2D eigenvalue weighted by atomic mass is 19.1. The molecule has 0 bridgehead atoms. The molecule has 0 spiro atoms. The molecular weight excluding hydrogens is 387 g/mol. The number of azo groups is 1. The van der Waals surface area contributed by atoms with Crippen LogP contribution in [0.1, 0.15) is 16.7 Å². The number of hydrogen-bond donors (Lipinski definition) is 1. The normalized spacial score (nSPS) is 10.9. The molecule has 1 aromatic heterocycles. The lowest BCUT2D eigenvalue weighted by Crippen LogP contribution is -2.22. The maximum absolute atomic E-state index is 13.0. The fourth-order valence-corrected chi connectivity index (χ4v) is 2.91. The van der Waals surface area contributed by atoms with Gasteiger partial charge in [0.15, 0.2) is 5.69 Å². The van der Waals surface area contributed by atoms with Crippen molar-refractivity contribution in [2.45, 2.75) is 19.9 Å². The first-order valence-electron chi connectivity index (χ1n) is 9.11. The number of benzene rings is 2. The summed E-state index contributed by atoms with van der Waals surface area (Å²) >= 11 is 0. The summed E-state index contributed by atoms with van der Waals surface area (Å²) in [5, 5.41) is 27.8. The van der Waals surface area contributed by atoms with Gasteiger partial charge in [0.05, 0.1) is 12.8 Å². The zero-order valence-electron chi connectivity index (χ0n) is 16.5. The number of ether oxygens (including phenoxy) is 1. The number of pyridine rings is 1. The van der Waals surface area contributed by atoms with Gasteiger partial charge in [0.2, 0.25) is 5.88 Å². The summed E-state index contributed by atoms with van der Waals surface area (Å²) in [4.78, 5) is 12.9. The highest BCUT2D eigenvalue weighted by Crippen LogP contribution is 2.27. The van der Waals surface area contributed by atoms with Gasteiger partial charge in [-0.1, -0.05) is 12.1 Å². The van der Waals surface area contributed by atoms with E-state index in [2.05, 4.69) is 10.2 Å². The van der Waals surface area contributed by atoms with Crippen LogP contribution >= 0.6 is 0 Å². The molecule has 1 N–H and O–H groups in total. The first kappa shape index (κ1) is 20.7. The van der Waals surface area contributed by atoms with Gasteiger partial charge >= 0.3 is 0 Å². The topological polar surface area (TPSA) is 100.0 Å². The highest BCUT2D eigenvalue weighted by molar-refractivity contribution is 5.56. The van der Waals surface area contributed by atoms with Crippen molar-refractivity contribution < 1.29 is 14.2 Å². The lowest BCUT2D eigenvalue weighted by molar-refractivity contribution is 0.403. The second-order valence-electron chi connectivity index (χ2n) is 6.52. The minimum atomic E-state index is -0.566. The number of rotatable bonds is 6. The van der Waals surface area contributed by atoms with Crippen LogP contribution < -0.4 is 10.3 Å². The predicted octanol–water partition coefficient (Wildman–Crippen LogP) is 4.54. The largest absolute Gasteiger partial charge is 0.497 e. The third kappa shape index (κ3) is 4.36. The van der Waals surface area contributed by atoms with Gasteiger partial charge in [-0.25, -0.2) is 4.39 Å². The van der Waals surface area contributed by atoms with Gasteiger partial charge in [-0.2, -0.15) is 10.4 Å². The molecular formula is C22H19FN4O3. The number of halogens is 1. The monoisotopic (exact) mass is 406 g/mol. The summed E-state index contributed by atoms with van der Waals surface area (Å²) in [6, 6.07) is 14.5. The molecule has 8 heteroatoms. The number of hydrogen-bond acceptors (Lipinski definition) is 6. The van der Waals surface area contributed by atoms with Crippen LogP contribution in [0.15, 0.2) is 63.6 Å². The molecule has 0 amide bonds. The van der Waals surface area contributed by atoms with Gasteiger partial charge in [0.1, 0.15) is 23.2 Å². The Labute approximate surface area is 172 Å². The van der Waals surface area contributed by atoms with Crippen molar-refractivity contribution in [1.82, 2.24) is 4.57 Å². The van der Waals surface area contributed by atoms with Crippen LogP contribution in [-0.4, -0.2) is 16.8 Å². The smallest absolute Gasteiger partial charge is 0.281 e. The Morgan fingerprint density at radius 2 is 1.80 bits per heavy atom. The van der Waals surface area contributed by atoms with Gasteiger partial charge in [-0.05, 0) is 55.3 Å². The van der Waals surface area contributed by atoms with Crippen LogP contribution in [0.25, 0.3) is 0 Å². The Balaban J connectivity index is 1.96. The second kappa shape index (κ2) is 9.01. The molecule has 0 aliphatic heterocycles. The Hall–Kier alpha value is -3.99. The first-order chi connectivity index (χ1) is 14.4. The Bertz CT molecular complexity index is 1180. The molecule has 7 nitrogen and oxygen atoms in total. The number of nitrogens with zero attached hydrogens (tertiary/aromatic N) is 4. The lowest BCUT2D eigenvalue weighted by Gasteiger charge is -2.13. The van der Waals surface area contributed by atoms with E-state index in [1.165, 1.54) is 31.2 Å². The van der Waals surface area contributed by atoms with Crippen LogP contribution in [0.2, 0.25) is 0 Å². The molecule has 0 saturated carbocycles. The van der Waals surface area contributed by atoms with Crippen molar-refractivity contribution in [2.75, 3.05) is 7.11 Å². The average molecular weight is 406 g/mol. The fourth-order valence-electron chi connectivity index (χ4n) is 2.91. The molecule has 1 heterocycles. The molecule has 0 fully saturated rings. The van der Waals surface area contributed by atoms with E-state index in [1.54, 1.807) is 19.2 Å². The summed E-state index contributed by atoms with van der Waals surface area (Å²) in [5.74, 6) is -0.110. The van der Waals surface area contributed by atoms with Gasteiger partial charge in [-0.15, -0.1) is 5.11 Å². The van der Waals surface area contributed by atoms with E-state index in [0.29, 0.717) is 17.9 Å². The molecule has 2 aromatic carbocycles. The maximum atomic E-state index is 13.0. The first-order valence-corrected chi connectivity index (χ1v) is 9.11. The van der Waals surface area contributed by atoms with Crippen LogP contribution in [0.3, 0.4) is 0 Å². The highest BCUT2D eigenvalue weighted by Gasteiger charge is 2.19. The Morgan fingerprint density at radius 1 is 1.13 bits per heavy atom. The number of methoxy groups -OCH3 is 1. The fraction of sp³-hybridized carbons (Fsp3) is 0.182. The van der Waals surface area contributed by atoms with Crippen LogP contribution in [0.5, 0.6) is 11.6 Å². The van der Waals surface area contributed by atoms with Gasteiger partial charge in [0.25, 0.3) is 5.56 Å². The molecule has 30 heavy (non-hydrogen) atoms. The molecule has 3 rings (SSSR count). The minimum Gasteiger partial charge on any atom is -0.497 e. The zero-order chi connectivity index (χ0) is 21.7. The predicted molar refractivity (Wildman–Crippen MR) is 109 cm³/mol. The van der Waals surface area contributed by atoms with Crippen molar-refractivity contribution in [3.63, 3.8) is 0 Å². The molecule has 0 atom stereocenters. The van der Waals surface area contributed by atoms with E-state index in [9.17, 15) is 19.6 Å². The number of aryl methyl sites for hydroxylation is 1.